The zero-order chi connectivity index (χ0) is 19.0. The van der Waals surface area contributed by atoms with E-state index in [0.29, 0.717) is 35.1 Å². The molecule has 1 saturated heterocycles. The van der Waals surface area contributed by atoms with Gasteiger partial charge < -0.3 is 9.80 Å². The fourth-order valence-corrected chi connectivity index (χ4v) is 4.50. The van der Waals surface area contributed by atoms with E-state index < -0.39 is 0 Å². The van der Waals surface area contributed by atoms with E-state index in [9.17, 15) is 9.59 Å². The molecule has 140 valence electrons. The quantitative estimate of drug-likeness (QED) is 0.737. The van der Waals surface area contributed by atoms with Crippen LogP contribution in [0.15, 0.2) is 42.5 Å². The zero-order valence-corrected chi connectivity index (χ0v) is 16.3. The first kappa shape index (κ1) is 18.3. The van der Waals surface area contributed by atoms with Crippen molar-refractivity contribution >= 4 is 40.7 Å². The van der Waals surface area contributed by atoms with Gasteiger partial charge in [-0.1, -0.05) is 41.4 Å². The minimum absolute atomic E-state index is 0.0829. The lowest BCUT2D eigenvalue weighted by Gasteiger charge is -2.41. The lowest BCUT2D eigenvalue weighted by atomic mass is 9.95. The summed E-state index contributed by atoms with van der Waals surface area (Å²) < 4.78 is 0. The van der Waals surface area contributed by atoms with Crippen molar-refractivity contribution in [2.24, 2.45) is 0 Å². The third kappa shape index (κ3) is 3.56. The molecule has 4 rings (SSSR count). The molecule has 0 unspecified atom stereocenters. The number of halogens is 2. The molecule has 0 spiro atoms. The van der Waals surface area contributed by atoms with Crippen LogP contribution < -0.4 is 4.90 Å². The third-order valence-electron chi connectivity index (χ3n) is 5.41. The third-order valence-corrected chi connectivity index (χ3v) is 5.95. The highest BCUT2D eigenvalue weighted by Gasteiger charge is 2.34. The summed E-state index contributed by atoms with van der Waals surface area (Å²) in [5.74, 6) is 0.0970. The fraction of sp³-hybridized carbons (Fsp3) is 0.333. The number of piperidine rings is 1. The Hall–Kier alpha value is -2.04. The number of hydrogen-bond acceptors (Lipinski definition) is 2. The highest BCUT2D eigenvalue weighted by Crippen LogP contribution is 2.33. The van der Waals surface area contributed by atoms with Crippen LogP contribution in [0.2, 0.25) is 10.0 Å². The number of carbonyl (C=O) groups excluding carboxylic acids is 2. The molecule has 0 aromatic heterocycles. The summed E-state index contributed by atoms with van der Waals surface area (Å²) in [4.78, 5) is 29.1. The van der Waals surface area contributed by atoms with Crippen molar-refractivity contribution in [1.82, 2.24) is 4.90 Å². The highest BCUT2D eigenvalue weighted by molar-refractivity contribution is 6.36. The Morgan fingerprint density at radius 2 is 1.74 bits per heavy atom. The normalized spacial score (nSPS) is 17.8. The maximum atomic E-state index is 12.8. The van der Waals surface area contributed by atoms with Gasteiger partial charge in [-0.25, -0.2) is 0 Å². The second-order valence-corrected chi connectivity index (χ2v) is 7.88. The second kappa shape index (κ2) is 7.53. The molecule has 0 aliphatic carbocycles. The first-order chi connectivity index (χ1) is 13.0. The van der Waals surface area contributed by atoms with Gasteiger partial charge in [0.15, 0.2) is 0 Å². The van der Waals surface area contributed by atoms with Crippen LogP contribution >= 0.6 is 23.2 Å². The lowest BCUT2D eigenvalue weighted by molar-refractivity contribution is -0.119. The molecule has 1 fully saturated rings. The SMILES string of the molecule is O=C(c1ccc(Cl)cc1Cl)N1CCC(N2C(=O)CCc3ccccc32)CC1. The average Bonchev–Trinajstić information content (AvgIpc) is 2.68. The van der Waals surface area contributed by atoms with Crippen LogP contribution in [0.25, 0.3) is 0 Å². The highest BCUT2D eigenvalue weighted by atomic mass is 35.5. The van der Waals surface area contributed by atoms with Crippen LogP contribution in [0, 0.1) is 0 Å². The summed E-state index contributed by atoms with van der Waals surface area (Å²) >= 11 is 12.1. The molecule has 2 heterocycles. The Labute approximate surface area is 168 Å². The number of amides is 2. The van der Waals surface area contributed by atoms with Crippen molar-refractivity contribution in [3.63, 3.8) is 0 Å². The number of nitrogens with zero attached hydrogens (tertiary/aromatic N) is 2. The van der Waals surface area contributed by atoms with Gasteiger partial charge in [0, 0.05) is 36.3 Å². The molecule has 0 saturated carbocycles. The van der Waals surface area contributed by atoms with Crippen LogP contribution in [0.3, 0.4) is 0 Å². The number of fused-ring (bicyclic) bond motifs is 1. The number of benzene rings is 2. The molecule has 4 nitrogen and oxygen atoms in total. The maximum absolute atomic E-state index is 12.8. The van der Waals surface area contributed by atoms with Gasteiger partial charge in [0.2, 0.25) is 5.91 Å². The number of para-hydroxylation sites is 1. The van der Waals surface area contributed by atoms with E-state index in [2.05, 4.69) is 6.07 Å². The standard InChI is InChI=1S/C21H20Cl2N2O2/c22-15-6-7-17(18(23)13-15)21(27)24-11-9-16(10-12-24)25-19-4-2-1-3-14(19)5-8-20(25)26/h1-4,6-7,13,16H,5,8-12H2. The Morgan fingerprint density at radius 3 is 2.48 bits per heavy atom. The molecule has 0 bridgehead atoms. The summed E-state index contributed by atoms with van der Waals surface area (Å²) in [7, 11) is 0. The minimum atomic E-state index is -0.0829. The number of anilines is 1. The van der Waals surface area contributed by atoms with Gasteiger partial charge in [0.1, 0.15) is 0 Å². The van der Waals surface area contributed by atoms with Gasteiger partial charge in [-0.05, 0) is 49.1 Å². The van der Waals surface area contributed by atoms with Gasteiger partial charge in [-0.3, -0.25) is 9.59 Å². The van der Waals surface area contributed by atoms with Crippen molar-refractivity contribution < 1.29 is 9.59 Å². The van der Waals surface area contributed by atoms with Gasteiger partial charge in [0.25, 0.3) is 5.91 Å². The first-order valence-corrected chi connectivity index (χ1v) is 9.94. The maximum Gasteiger partial charge on any atom is 0.255 e. The monoisotopic (exact) mass is 402 g/mol. The zero-order valence-electron chi connectivity index (χ0n) is 14.8. The van der Waals surface area contributed by atoms with E-state index in [4.69, 9.17) is 23.2 Å². The van der Waals surface area contributed by atoms with E-state index in [1.807, 2.05) is 28.0 Å². The van der Waals surface area contributed by atoms with Crippen molar-refractivity contribution in [1.29, 1.82) is 0 Å². The Kier molecular flexibility index (Phi) is 5.11. The van der Waals surface area contributed by atoms with Gasteiger partial charge in [-0.15, -0.1) is 0 Å². The van der Waals surface area contributed by atoms with Crippen LogP contribution in [-0.2, 0) is 11.2 Å². The van der Waals surface area contributed by atoms with Crippen molar-refractivity contribution in [3.05, 3.63) is 63.6 Å². The molecule has 0 radical (unpaired) electrons. The number of hydrogen-bond donors (Lipinski definition) is 0. The molecule has 27 heavy (non-hydrogen) atoms. The van der Waals surface area contributed by atoms with Crippen LogP contribution in [-0.4, -0.2) is 35.8 Å². The summed E-state index contributed by atoms with van der Waals surface area (Å²) in [6, 6.07) is 13.2. The van der Waals surface area contributed by atoms with Gasteiger partial charge in [-0.2, -0.15) is 0 Å². The number of carbonyl (C=O) groups is 2. The molecule has 2 aromatic carbocycles. The molecule has 0 N–H and O–H groups in total. The minimum Gasteiger partial charge on any atom is -0.338 e. The molecule has 2 aliphatic rings. The fourth-order valence-electron chi connectivity index (χ4n) is 4.01. The Bertz CT molecular complexity index is 892. The topological polar surface area (TPSA) is 40.6 Å². The predicted molar refractivity (Wildman–Crippen MR) is 108 cm³/mol. The number of aryl methyl sites for hydroxylation is 1. The molecular formula is C21H20Cl2N2O2. The summed E-state index contributed by atoms with van der Waals surface area (Å²) in [6.07, 6.45) is 2.88. The van der Waals surface area contributed by atoms with Crippen LogP contribution in [0.4, 0.5) is 5.69 Å². The van der Waals surface area contributed by atoms with E-state index in [1.165, 1.54) is 5.56 Å². The van der Waals surface area contributed by atoms with E-state index >= 15 is 0 Å². The van der Waals surface area contributed by atoms with Gasteiger partial charge >= 0.3 is 0 Å². The first-order valence-electron chi connectivity index (χ1n) is 9.19. The number of rotatable bonds is 2. The average molecular weight is 403 g/mol. The molecule has 6 heteroatoms. The van der Waals surface area contributed by atoms with Crippen LogP contribution in [0.5, 0.6) is 0 Å². The van der Waals surface area contributed by atoms with Crippen molar-refractivity contribution in [3.8, 4) is 0 Å². The largest absolute Gasteiger partial charge is 0.338 e. The van der Waals surface area contributed by atoms with Crippen LogP contribution in [0.1, 0.15) is 35.2 Å². The predicted octanol–water partition coefficient (Wildman–Crippen LogP) is 4.58. The smallest absolute Gasteiger partial charge is 0.255 e. The summed E-state index contributed by atoms with van der Waals surface area (Å²) in [5.41, 5.74) is 2.72. The van der Waals surface area contributed by atoms with E-state index in [0.717, 1.165) is 24.9 Å². The molecule has 2 aromatic rings. The Balaban J connectivity index is 1.48. The lowest BCUT2D eigenvalue weighted by Crippen LogP contribution is -2.50. The summed E-state index contributed by atoms with van der Waals surface area (Å²) in [5, 5.41) is 0.882. The molecule has 2 amide bonds. The van der Waals surface area contributed by atoms with Crippen molar-refractivity contribution in [2.45, 2.75) is 31.7 Å². The van der Waals surface area contributed by atoms with Crippen molar-refractivity contribution in [2.75, 3.05) is 18.0 Å². The Morgan fingerprint density at radius 1 is 1.00 bits per heavy atom. The molecule has 2 aliphatic heterocycles. The summed E-state index contributed by atoms with van der Waals surface area (Å²) in [6.45, 7) is 1.21. The number of likely N-dealkylation sites (tertiary alicyclic amines) is 1. The molecular weight excluding hydrogens is 383 g/mol. The van der Waals surface area contributed by atoms with E-state index in [-0.39, 0.29) is 17.9 Å². The molecule has 0 atom stereocenters. The van der Waals surface area contributed by atoms with E-state index in [1.54, 1.807) is 18.2 Å². The second-order valence-electron chi connectivity index (χ2n) is 7.04. The van der Waals surface area contributed by atoms with Gasteiger partial charge in [0.05, 0.1) is 10.6 Å².